The summed E-state index contributed by atoms with van der Waals surface area (Å²) in [7, 11) is -4.07. The molecule has 2 rings (SSSR count). The number of carbonyl (C=O) groups excluding carboxylic acids is 1. The third-order valence-corrected chi connectivity index (χ3v) is 5.35. The van der Waals surface area contributed by atoms with Crippen molar-refractivity contribution in [1.29, 1.82) is 0 Å². The van der Waals surface area contributed by atoms with Crippen molar-refractivity contribution in [2.45, 2.75) is 43.7 Å². The molecule has 4 N–H and O–H groups in total. The molecule has 27 heavy (non-hydrogen) atoms. The Kier molecular flexibility index (Phi) is 6.35. The number of halogens is 1. The van der Waals surface area contributed by atoms with Crippen LogP contribution in [0.5, 0.6) is 0 Å². The largest absolute Gasteiger partial charge is 0.326 e. The van der Waals surface area contributed by atoms with Gasteiger partial charge in [-0.3, -0.25) is 4.79 Å². The molecular formula is C19H24FN3O3S. The highest BCUT2D eigenvalue weighted by Gasteiger charge is 2.25. The number of nitrogens with two attached hydrogens (primary N) is 1. The molecule has 146 valence electrons. The Balaban J connectivity index is 2.15. The summed E-state index contributed by atoms with van der Waals surface area (Å²) < 4.78 is 41.2. The zero-order valence-electron chi connectivity index (χ0n) is 15.5. The molecule has 1 amide bonds. The van der Waals surface area contributed by atoms with Crippen LogP contribution in [0.2, 0.25) is 0 Å². The van der Waals surface area contributed by atoms with Gasteiger partial charge in [0.25, 0.3) is 0 Å². The summed E-state index contributed by atoms with van der Waals surface area (Å²) >= 11 is 0. The van der Waals surface area contributed by atoms with E-state index in [1.807, 2.05) is 30.3 Å². The Hall–Kier alpha value is -2.29. The van der Waals surface area contributed by atoms with E-state index in [2.05, 4.69) is 10.0 Å². The van der Waals surface area contributed by atoms with Crippen molar-refractivity contribution in [2.24, 2.45) is 5.73 Å². The first-order valence-corrected chi connectivity index (χ1v) is 9.90. The van der Waals surface area contributed by atoms with Gasteiger partial charge in [0, 0.05) is 23.7 Å². The molecule has 0 aromatic heterocycles. The maximum absolute atomic E-state index is 14.1. The molecule has 8 heteroatoms. The zero-order valence-corrected chi connectivity index (χ0v) is 16.3. The Morgan fingerprint density at radius 3 is 2.37 bits per heavy atom. The van der Waals surface area contributed by atoms with Crippen molar-refractivity contribution in [3.05, 3.63) is 59.9 Å². The molecule has 2 aromatic rings. The van der Waals surface area contributed by atoms with Gasteiger partial charge in [-0.25, -0.2) is 17.5 Å². The average Bonchev–Trinajstić information content (AvgIpc) is 2.55. The molecule has 0 spiro atoms. The maximum atomic E-state index is 14.1. The summed E-state index contributed by atoms with van der Waals surface area (Å²) in [5, 5.41) is 2.57. The lowest BCUT2D eigenvalue weighted by Crippen LogP contribution is -2.40. The quantitative estimate of drug-likeness (QED) is 0.702. The van der Waals surface area contributed by atoms with Crippen molar-refractivity contribution in [3.8, 4) is 0 Å². The molecule has 0 saturated heterocycles. The molecule has 0 radical (unpaired) electrons. The molecule has 0 aliphatic rings. The van der Waals surface area contributed by atoms with Crippen molar-refractivity contribution in [3.63, 3.8) is 0 Å². The number of rotatable bonds is 6. The van der Waals surface area contributed by atoms with E-state index in [1.54, 1.807) is 20.8 Å². The molecule has 1 atom stereocenters. The molecule has 2 aromatic carbocycles. The van der Waals surface area contributed by atoms with E-state index in [0.29, 0.717) is 0 Å². The van der Waals surface area contributed by atoms with Gasteiger partial charge in [0.15, 0.2) is 0 Å². The fraction of sp³-hybridized carbons (Fsp3) is 0.316. The third-order valence-electron chi connectivity index (χ3n) is 3.58. The molecular weight excluding hydrogens is 369 g/mol. The second kappa shape index (κ2) is 8.16. The summed E-state index contributed by atoms with van der Waals surface area (Å²) in [6.07, 6.45) is 0.00368. The molecule has 0 aliphatic carbocycles. The van der Waals surface area contributed by atoms with Crippen molar-refractivity contribution >= 4 is 21.6 Å². The molecule has 1 unspecified atom stereocenters. The number of anilines is 1. The molecule has 0 saturated carbocycles. The summed E-state index contributed by atoms with van der Waals surface area (Å²) in [6, 6.07) is 12.0. The third kappa shape index (κ3) is 6.13. The summed E-state index contributed by atoms with van der Waals surface area (Å²) in [5.41, 5.74) is 6.23. The van der Waals surface area contributed by atoms with Crippen molar-refractivity contribution in [1.82, 2.24) is 4.72 Å². The number of nitrogens with one attached hydrogen (secondary N) is 2. The van der Waals surface area contributed by atoms with E-state index < -0.39 is 38.2 Å². The number of hydrogen-bond acceptors (Lipinski definition) is 4. The maximum Gasteiger partial charge on any atom is 0.244 e. The number of carbonyl (C=O) groups is 1. The number of benzene rings is 2. The Morgan fingerprint density at radius 2 is 1.78 bits per heavy atom. The van der Waals surface area contributed by atoms with Gasteiger partial charge in [0.05, 0.1) is 0 Å². The first-order valence-electron chi connectivity index (χ1n) is 8.42. The van der Waals surface area contributed by atoms with Gasteiger partial charge in [-0.15, -0.1) is 0 Å². The van der Waals surface area contributed by atoms with Gasteiger partial charge in [0.2, 0.25) is 15.9 Å². The number of sulfonamides is 1. The first kappa shape index (κ1) is 21.0. The Labute approximate surface area is 159 Å². The number of amides is 1. The molecule has 0 aliphatic heterocycles. The predicted molar refractivity (Wildman–Crippen MR) is 103 cm³/mol. The minimum Gasteiger partial charge on any atom is -0.326 e. The fourth-order valence-corrected chi connectivity index (χ4v) is 4.00. The SMILES string of the molecule is CC(C)(C)NS(=O)(=O)c1cc(NC(=O)CC(N)c2ccccc2)ccc1F. The fourth-order valence-electron chi connectivity index (χ4n) is 2.47. The van der Waals surface area contributed by atoms with E-state index in [0.717, 1.165) is 17.7 Å². The topological polar surface area (TPSA) is 101 Å². The highest BCUT2D eigenvalue weighted by molar-refractivity contribution is 7.89. The molecule has 0 bridgehead atoms. The lowest BCUT2D eigenvalue weighted by molar-refractivity contribution is -0.116. The van der Waals surface area contributed by atoms with Crippen LogP contribution in [0.4, 0.5) is 10.1 Å². The van der Waals surface area contributed by atoms with E-state index in [4.69, 9.17) is 5.73 Å². The Morgan fingerprint density at radius 1 is 1.15 bits per heavy atom. The van der Waals surface area contributed by atoms with Crippen LogP contribution in [0, 0.1) is 5.82 Å². The minimum absolute atomic E-state index is 0.00368. The zero-order chi connectivity index (χ0) is 20.2. The number of hydrogen-bond donors (Lipinski definition) is 3. The van der Waals surface area contributed by atoms with Gasteiger partial charge >= 0.3 is 0 Å². The second-order valence-electron chi connectivity index (χ2n) is 7.27. The van der Waals surface area contributed by atoms with Crippen LogP contribution in [-0.4, -0.2) is 19.9 Å². The van der Waals surface area contributed by atoms with E-state index in [1.165, 1.54) is 6.07 Å². The van der Waals surface area contributed by atoms with Gasteiger partial charge in [0.1, 0.15) is 10.7 Å². The van der Waals surface area contributed by atoms with Crippen LogP contribution in [0.25, 0.3) is 0 Å². The predicted octanol–water partition coefficient (Wildman–Crippen LogP) is 2.93. The van der Waals surface area contributed by atoms with Crippen molar-refractivity contribution in [2.75, 3.05) is 5.32 Å². The lowest BCUT2D eigenvalue weighted by atomic mass is 10.0. The van der Waals surface area contributed by atoms with Crippen molar-refractivity contribution < 1.29 is 17.6 Å². The normalized spacial score (nSPS) is 13.2. The van der Waals surface area contributed by atoms with E-state index in [9.17, 15) is 17.6 Å². The van der Waals surface area contributed by atoms with E-state index in [-0.39, 0.29) is 12.1 Å². The lowest BCUT2D eigenvalue weighted by Gasteiger charge is -2.21. The van der Waals surface area contributed by atoms with E-state index >= 15 is 0 Å². The van der Waals surface area contributed by atoms with Gasteiger partial charge in [-0.2, -0.15) is 0 Å². The summed E-state index contributed by atoms with van der Waals surface area (Å²) in [4.78, 5) is 11.7. The second-order valence-corrected chi connectivity index (χ2v) is 8.92. The van der Waals surface area contributed by atoms with Crippen LogP contribution < -0.4 is 15.8 Å². The smallest absolute Gasteiger partial charge is 0.244 e. The minimum atomic E-state index is -4.07. The van der Waals surface area contributed by atoms with Crippen LogP contribution in [0.15, 0.2) is 53.4 Å². The van der Waals surface area contributed by atoms with Crippen LogP contribution in [0.3, 0.4) is 0 Å². The van der Waals surface area contributed by atoms with Gasteiger partial charge < -0.3 is 11.1 Å². The van der Waals surface area contributed by atoms with Crippen LogP contribution in [-0.2, 0) is 14.8 Å². The Bertz CT molecular complexity index is 910. The van der Waals surface area contributed by atoms with Gasteiger partial charge in [-0.1, -0.05) is 30.3 Å². The highest BCUT2D eigenvalue weighted by atomic mass is 32.2. The standard InChI is InChI=1S/C19H24FN3O3S/c1-19(2,3)23-27(25,26)17-11-14(9-10-15(17)20)22-18(24)12-16(21)13-7-5-4-6-8-13/h4-11,16,23H,12,21H2,1-3H3,(H,22,24). The van der Waals surface area contributed by atoms with Crippen LogP contribution in [0.1, 0.15) is 38.8 Å². The first-order chi connectivity index (χ1) is 12.5. The monoisotopic (exact) mass is 393 g/mol. The summed E-state index contributed by atoms with van der Waals surface area (Å²) in [5.74, 6) is -1.30. The highest BCUT2D eigenvalue weighted by Crippen LogP contribution is 2.22. The van der Waals surface area contributed by atoms with Gasteiger partial charge in [-0.05, 0) is 44.5 Å². The molecule has 0 heterocycles. The molecule has 6 nitrogen and oxygen atoms in total. The average molecular weight is 393 g/mol. The molecule has 0 fully saturated rings. The van der Waals surface area contributed by atoms with Crippen LogP contribution >= 0.6 is 0 Å². The summed E-state index contributed by atoms with van der Waals surface area (Å²) in [6.45, 7) is 4.96.